The zero-order valence-corrected chi connectivity index (χ0v) is 22.8. The Morgan fingerprint density at radius 3 is 2.22 bits per heavy atom. The van der Waals surface area contributed by atoms with Gasteiger partial charge in [-0.05, 0) is 80.1 Å². The van der Waals surface area contributed by atoms with Gasteiger partial charge in [0.15, 0.2) is 0 Å². The van der Waals surface area contributed by atoms with Crippen molar-refractivity contribution >= 4 is 27.3 Å². The van der Waals surface area contributed by atoms with Crippen molar-refractivity contribution in [3.63, 3.8) is 0 Å². The minimum atomic E-state index is -3.78. The van der Waals surface area contributed by atoms with Crippen LogP contribution in [-0.2, 0) is 15.6 Å². The molecule has 5 nitrogen and oxygen atoms in total. The highest BCUT2D eigenvalue weighted by atomic mass is 35.5. The molecule has 2 aliphatic rings. The minimum Gasteiger partial charge on any atom is -0.384 e. The molecule has 37 heavy (non-hydrogen) atoms. The summed E-state index contributed by atoms with van der Waals surface area (Å²) in [7, 11) is -3.78. The fourth-order valence-corrected chi connectivity index (χ4v) is 8.10. The first-order valence-corrected chi connectivity index (χ1v) is 15.0. The molecule has 1 N–H and O–H groups in total. The van der Waals surface area contributed by atoms with Crippen LogP contribution in [0, 0.1) is 6.92 Å². The normalized spacial score (nSPS) is 23.6. The van der Waals surface area contributed by atoms with E-state index < -0.39 is 15.6 Å². The number of aliphatic hydroxyl groups is 1. The van der Waals surface area contributed by atoms with Gasteiger partial charge in [0.2, 0.25) is 0 Å². The monoisotopic (exact) mass is 538 g/mol. The van der Waals surface area contributed by atoms with Crippen molar-refractivity contribution in [1.29, 1.82) is 0 Å². The quantitative estimate of drug-likeness (QED) is 0.409. The van der Waals surface area contributed by atoms with Gasteiger partial charge < -0.3 is 5.11 Å². The molecule has 1 saturated heterocycles. The van der Waals surface area contributed by atoms with Gasteiger partial charge >= 0.3 is 0 Å². The first-order valence-electron chi connectivity index (χ1n) is 13.2. The molecule has 3 aromatic rings. The average Bonchev–Trinajstić information content (AvgIpc) is 2.90. The highest BCUT2D eigenvalue weighted by Crippen LogP contribution is 2.42. The molecular formula is C30H35ClN2O3S. The number of rotatable bonds is 6. The Morgan fingerprint density at radius 1 is 0.892 bits per heavy atom. The van der Waals surface area contributed by atoms with E-state index in [1.54, 1.807) is 28.6 Å². The van der Waals surface area contributed by atoms with E-state index in [4.69, 9.17) is 11.6 Å². The molecule has 7 heteroatoms. The number of nitrogens with zero attached hydrogens (tertiary/aromatic N) is 2. The molecule has 0 amide bonds. The van der Waals surface area contributed by atoms with Gasteiger partial charge in [-0.1, -0.05) is 66.9 Å². The summed E-state index contributed by atoms with van der Waals surface area (Å²) in [4.78, 5) is 2.64. The van der Waals surface area contributed by atoms with Crippen LogP contribution < -0.4 is 4.31 Å². The maximum atomic E-state index is 13.9. The molecule has 1 aliphatic carbocycles. The van der Waals surface area contributed by atoms with Crippen molar-refractivity contribution in [2.24, 2.45) is 0 Å². The molecular weight excluding hydrogens is 504 g/mol. The maximum Gasteiger partial charge on any atom is 0.264 e. The van der Waals surface area contributed by atoms with Crippen molar-refractivity contribution < 1.29 is 13.5 Å². The predicted molar refractivity (Wildman–Crippen MR) is 149 cm³/mol. The summed E-state index contributed by atoms with van der Waals surface area (Å²) < 4.78 is 29.4. The van der Waals surface area contributed by atoms with E-state index in [2.05, 4.69) is 24.0 Å². The van der Waals surface area contributed by atoms with Gasteiger partial charge in [-0.2, -0.15) is 0 Å². The van der Waals surface area contributed by atoms with Crippen molar-refractivity contribution in [2.75, 3.05) is 17.4 Å². The first kappa shape index (κ1) is 26.2. The number of halogens is 1. The molecule has 196 valence electrons. The zero-order chi connectivity index (χ0) is 26.0. The second-order valence-corrected chi connectivity index (χ2v) is 12.6. The number of piperidine rings is 1. The van der Waals surface area contributed by atoms with Crippen molar-refractivity contribution in [2.45, 2.75) is 68.0 Å². The van der Waals surface area contributed by atoms with E-state index in [1.165, 1.54) is 0 Å². The lowest BCUT2D eigenvalue weighted by atomic mass is 9.73. The van der Waals surface area contributed by atoms with Gasteiger partial charge in [0.1, 0.15) is 5.60 Å². The second kappa shape index (κ2) is 10.8. The molecule has 3 aromatic carbocycles. The van der Waals surface area contributed by atoms with Crippen molar-refractivity contribution in [3.8, 4) is 0 Å². The summed E-state index contributed by atoms with van der Waals surface area (Å²) in [6.45, 7) is 3.55. The molecule has 1 aliphatic heterocycles. The standard InChI is InChI=1S/C30H35ClN2O3S/c1-23-9-5-6-12-28(23)30(34)20-8-7-13-29(30)32-21-18-26(19-22-32)33(25-10-3-2-4-11-25)37(35,36)27-16-14-24(31)15-17-27/h2-6,9-12,14-17,26,29,34H,7-8,13,18-22H2,1H3/t29-,30+/m1/s1. The lowest BCUT2D eigenvalue weighted by Gasteiger charge is -2.49. The predicted octanol–water partition coefficient (Wildman–Crippen LogP) is 6.14. The number of aryl methyl sites for hydroxylation is 1. The molecule has 2 fully saturated rings. The number of anilines is 1. The van der Waals surface area contributed by atoms with E-state index in [9.17, 15) is 13.5 Å². The lowest BCUT2D eigenvalue weighted by molar-refractivity contribution is -0.0852. The fraction of sp³-hybridized carbons (Fsp3) is 0.400. The van der Waals surface area contributed by atoms with Crippen LogP contribution in [0.25, 0.3) is 0 Å². The van der Waals surface area contributed by atoms with E-state index >= 15 is 0 Å². The summed E-state index contributed by atoms with van der Waals surface area (Å²) in [6.07, 6.45) is 5.20. The average molecular weight is 539 g/mol. The smallest absolute Gasteiger partial charge is 0.264 e. The van der Waals surface area contributed by atoms with Crippen LogP contribution >= 0.6 is 11.6 Å². The van der Waals surface area contributed by atoms with Crippen LogP contribution in [0.1, 0.15) is 49.7 Å². The largest absolute Gasteiger partial charge is 0.384 e. The summed E-state index contributed by atoms with van der Waals surface area (Å²) in [6, 6.07) is 23.8. The molecule has 5 rings (SSSR count). The van der Waals surface area contributed by atoms with Gasteiger partial charge in [-0.25, -0.2) is 8.42 Å². The molecule has 0 spiro atoms. The topological polar surface area (TPSA) is 60.9 Å². The summed E-state index contributed by atoms with van der Waals surface area (Å²) in [5.74, 6) is 0. The molecule has 0 aromatic heterocycles. The highest BCUT2D eigenvalue weighted by Gasteiger charge is 2.45. The summed E-state index contributed by atoms with van der Waals surface area (Å²) in [5, 5.41) is 12.5. The molecule has 0 unspecified atom stereocenters. The summed E-state index contributed by atoms with van der Waals surface area (Å²) >= 11 is 6.04. The third-order valence-electron chi connectivity index (χ3n) is 8.10. The number of hydrogen-bond acceptors (Lipinski definition) is 4. The number of sulfonamides is 1. The Balaban J connectivity index is 1.41. The molecule has 2 atom stereocenters. The Bertz CT molecular complexity index is 1310. The van der Waals surface area contributed by atoms with Gasteiger partial charge in [0.05, 0.1) is 10.6 Å². The highest BCUT2D eigenvalue weighted by molar-refractivity contribution is 7.92. The van der Waals surface area contributed by atoms with Crippen LogP contribution in [0.2, 0.25) is 5.02 Å². The zero-order valence-electron chi connectivity index (χ0n) is 21.3. The first-order chi connectivity index (χ1) is 17.8. The number of para-hydroxylation sites is 1. The Hall–Kier alpha value is -2.38. The lowest BCUT2D eigenvalue weighted by Crippen LogP contribution is -2.57. The number of benzene rings is 3. The van der Waals surface area contributed by atoms with Crippen LogP contribution in [0.5, 0.6) is 0 Å². The van der Waals surface area contributed by atoms with Crippen molar-refractivity contribution in [1.82, 2.24) is 4.90 Å². The van der Waals surface area contributed by atoms with Gasteiger partial charge in [0.25, 0.3) is 10.0 Å². The van der Waals surface area contributed by atoms with E-state index in [0.29, 0.717) is 23.6 Å². The Kier molecular flexibility index (Phi) is 7.64. The van der Waals surface area contributed by atoms with Crippen LogP contribution in [0.4, 0.5) is 5.69 Å². The maximum absolute atomic E-state index is 13.9. The van der Waals surface area contributed by atoms with Crippen LogP contribution in [0.3, 0.4) is 0 Å². The SMILES string of the molecule is Cc1ccccc1[C@@]1(O)CCCC[C@H]1N1CCC(N(c2ccccc2)S(=O)(=O)c2ccc(Cl)cc2)CC1. The van der Waals surface area contributed by atoms with Crippen LogP contribution in [-0.4, -0.2) is 43.6 Å². The minimum absolute atomic E-state index is 0.0290. The molecule has 1 saturated carbocycles. The Labute approximate surface area is 225 Å². The fourth-order valence-electron chi connectivity index (χ4n) is 6.27. The number of hydrogen-bond donors (Lipinski definition) is 1. The van der Waals surface area contributed by atoms with E-state index in [-0.39, 0.29) is 17.0 Å². The van der Waals surface area contributed by atoms with Crippen molar-refractivity contribution in [3.05, 3.63) is 95.0 Å². The van der Waals surface area contributed by atoms with E-state index in [1.807, 2.05) is 42.5 Å². The third kappa shape index (κ3) is 5.17. The Morgan fingerprint density at radius 2 is 1.54 bits per heavy atom. The molecule has 1 heterocycles. The molecule has 0 bridgehead atoms. The van der Waals surface area contributed by atoms with Gasteiger partial charge in [-0.3, -0.25) is 9.21 Å². The second-order valence-electron chi connectivity index (χ2n) is 10.4. The van der Waals surface area contributed by atoms with E-state index in [0.717, 1.165) is 49.9 Å². The van der Waals surface area contributed by atoms with Gasteiger partial charge in [-0.15, -0.1) is 0 Å². The molecule has 0 radical (unpaired) electrons. The van der Waals surface area contributed by atoms with Gasteiger partial charge in [0, 0.05) is 30.2 Å². The summed E-state index contributed by atoms with van der Waals surface area (Å²) in [5.41, 5.74) is 1.93. The number of likely N-dealkylation sites (tertiary alicyclic amines) is 1. The third-order valence-corrected chi connectivity index (χ3v) is 10.2. The van der Waals surface area contributed by atoms with Crippen LogP contribution in [0.15, 0.2) is 83.8 Å².